The number of aryl methyl sites for hydroxylation is 3. The van der Waals surface area contributed by atoms with Gasteiger partial charge in [-0.15, -0.1) is 0 Å². The van der Waals surface area contributed by atoms with Gasteiger partial charge in [0.15, 0.2) is 0 Å². The number of carbonyl (C=O) groups is 1. The lowest BCUT2D eigenvalue weighted by Gasteiger charge is -2.25. The van der Waals surface area contributed by atoms with Crippen LogP contribution in [0, 0.1) is 26.7 Å². The predicted molar refractivity (Wildman–Crippen MR) is 112 cm³/mol. The van der Waals surface area contributed by atoms with Crippen LogP contribution in [0.25, 0.3) is 0 Å². The maximum Gasteiger partial charge on any atom is 0.251 e. The smallest absolute Gasteiger partial charge is 0.251 e. The van der Waals surface area contributed by atoms with E-state index in [0.29, 0.717) is 11.3 Å². The van der Waals surface area contributed by atoms with Crippen LogP contribution in [0.5, 0.6) is 0 Å². The summed E-state index contributed by atoms with van der Waals surface area (Å²) in [5.41, 5.74) is 3.13. The zero-order valence-electron chi connectivity index (χ0n) is 17.0. The third kappa shape index (κ3) is 4.63. The number of hydrogen-bond acceptors (Lipinski definition) is 4. The first-order valence-electron chi connectivity index (χ1n) is 9.40. The first kappa shape index (κ1) is 21.0. The Labute approximate surface area is 171 Å². The van der Waals surface area contributed by atoms with Crippen LogP contribution in [0.3, 0.4) is 0 Å². The Bertz CT molecular complexity index is 1100. The average molecular weight is 412 g/mol. The van der Waals surface area contributed by atoms with Gasteiger partial charge in [0.05, 0.1) is 22.5 Å². The monoisotopic (exact) mass is 411 g/mol. The Kier molecular flexibility index (Phi) is 6.00. The molecule has 0 bridgehead atoms. The number of nitrogens with zero attached hydrogens (tertiary/aromatic N) is 2. The second kappa shape index (κ2) is 8.31. The van der Waals surface area contributed by atoms with Crippen molar-refractivity contribution in [1.29, 1.82) is 0 Å². The van der Waals surface area contributed by atoms with E-state index >= 15 is 0 Å². The van der Waals surface area contributed by atoms with Crippen molar-refractivity contribution in [3.05, 3.63) is 83.2 Å². The highest BCUT2D eigenvalue weighted by Crippen LogP contribution is 2.26. The molecule has 152 valence electrons. The van der Waals surface area contributed by atoms with Crippen molar-refractivity contribution in [2.75, 3.05) is 0 Å². The molecule has 0 spiro atoms. The molecular weight excluding hydrogens is 386 g/mol. The van der Waals surface area contributed by atoms with Crippen LogP contribution in [0.1, 0.15) is 40.3 Å². The molecule has 0 amide bonds. The fourth-order valence-corrected chi connectivity index (χ4v) is 4.56. The molecule has 1 N–H and O–H groups in total. The van der Waals surface area contributed by atoms with Crippen LogP contribution in [0.2, 0.25) is 0 Å². The summed E-state index contributed by atoms with van der Waals surface area (Å²) in [6.07, 6.45) is 0. The number of benzene rings is 2. The van der Waals surface area contributed by atoms with E-state index in [1.165, 1.54) is 4.68 Å². The maximum absolute atomic E-state index is 13.1. The van der Waals surface area contributed by atoms with Gasteiger partial charge in [-0.3, -0.25) is 4.79 Å². The van der Waals surface area contributed by atoms with Crippen LogP contribution in [-0.2, 0) is 10.0 Å². The molecule has 0 saturated carbocycles. The molecule has 3 rings (SSSR count). The Morgan fingerprint density at radius 2 is 1.62 bits per heavy atom. The summed E-state index contributed by atoms with van der Waals surface area (Å²) in [5.74, 6) is -0.938. The van der Waals surface area contributed by atoms with Crippen molar-refractivity contribution in [2.24, 2.45) is 5.92 Å². The normalized spacial score (nSPS) is 13.8. The topological polar surface area (TPSA) is 81.1 Å². The lowest BCUT2D eigenvalue weighted by molar-refractivity contribution is 0.0802. The molecule has 7 heteroatoms. The summed E-state index contributed by atoms with van der Waals surface area (Å²) < 4.78 is 30.1. The summed E-state index contributed by atoms with van der Waals surface area (Å²) in [7, 11) is -3.82. The molecule has 0 aliphatic heterocycles. The molecule has 6 nitrogen and oxygen atoms in total. The van der Waals surface area contributed by atoms with Crippen LogP contribution in [0.15, 0.2) is 65.6 Å². The van der Waals surface area contributed by atoms with Crippen LogP contribution < -0.4 is 4.72 Å². The number of nitrogens with one attached hydrogen (secondary N) is 1. The van der Waals surface area contributed by atoms with E-state index in [9.17, 15) is 13.2 Å². The lowest BCUT2D eigenvalue weighted by atomic mass is 9.94. The molecular formula is C22H25N3O3S. The molecule has 1 aromatic heterocycles. The number of carbonyl (C=O) groups excluding carboxylic acids is 1. The second-order valence-corrected chi connectivity index (χ2v) is 9.00. The summed E-state index contributed by atoms with van der Waals surface area (Å²) in [4.78, 5) is 13.3. The summed E-state index contributed by atoms with van der Waals surface area (Å²) in [6, 6.07) is 16.8. The first-order valence-corrected chi connectivity index (χ1v) is 10.9. The van der Waals surface area contributed by atoms with E-state index in [1.807, 2.05) is 50.2 Å². The highest BCUT2D eigenvalue weighted by Gasteiger charge is 2.32. The van der Waals surface area contributed by atoms with Gasteiger partial charge in [-0.2, -0.15) is 5.10 Å². The van der Waals surface area contributed by atoms with E-state index in [0.717, 1.165) is 11.3 Å². The Balaban J connectivity index is 1.98. The first-order chi connectivity index (χ1) is 13.7. The van der Waals surface area contributed by atoms with Gasteiger partial charge in [-0.05, 0) is 44.5 Å². The van der Waals surface area contributed by atoms with Crippen molar-refractivity contribution in [1.82, 2.24) is 14.5 Å². The van der Waals surface area contributed by atoms with Gasteiger partial charge in [0, 0.05) is 5.69 Å². The number of hydrogen-bond donors (Lipinski definition) is 1. The zero-order valence-corrected chi connectivity index (χ0v) is 17.8. The van der Waals surface area contributed by atoms with Gasteiger partial charge in [-0.1, -0.05) is 55.0 Å². The minimum atomic E-state index is -3.82. The fourth-order valence-electron chi connectivity index (χ4n) is 3.26. The Morgan fingerprint density at radius 1 is 1.00 bits per heavy atom. The third-order valence-corrected chi connectivity index (χ3v) is 6.34. The lowest BCUT2D eigenvalue weighted by Crippen LogP contribution is -2.37. The Morgan fingerprint density at radius 3 is 2.17 bits per heavy atom. The number of aromatic nitrogens is 2. The average Bonchev–Trinajstić information content (AvgIpc) is 3.04. The molecule has 29 heavy (non-hydrogen) atoms. The minimum absolute atomic E-state index is 0.162. The van der Waals surface area contributed by atoms with Crippen molar-refractivity contribution < 1.29 is 13.2 Å². The van der Waals surface area contributed by atoms with Crippen molar-refractivity contribution >= 4 is 15.9 Å². The van der Waals surface area contributed by atoms with Crippen LogP contribution >= 0.6 is 0 Å². The van der Waals surface area contributed by atoms with E-state index in [4.69, 9.17) is 0 Å². The van der Waals surface area contributed by atoms with Gasteiger partial charge in [-0.25, -0.2) is 17.8 Å². The zero-order chi connectivity index (χ0) is 21.2. The van der Waals surface area contributed by atoms with Gasteiger partial charge >= 0.3 is 0 Å². The largest absolute Gasteiger partial charge is 0.272 e. The van der Waals surface area contributed by atoms with Crippen molar-refractivity contribution in [2.45, 2.75) is 38.6 Å². The van der Waals surface area contributed by atoms with Gasteiger partial charge < -0.3 is 0 Å². The van der Waals surface area contributed by atoms with Crippen LogP contribution in [-0.4, -0.2) is 24.1 Å². The van der Waals surface area contributed by atoms with Gasteiger partial charge in [0.2, 0.25) is 10.0 Å². The van der Waals surface area contributed by atoms with Crippen LogP contribution in [0.4, 0.5) is 0 Å². The van der Waals surface area contributed by atoms with E-state index in [2.05, 4.69) is 9.82 Å². The fraction of sp³-hybridized carbons (Fsp3) is 0.273. The quantitative estimate of drug-likeness (QED) is 0.669. The third-order valence-electron chi connectivity index (χ3n) is 4.88. The van der Waals surface area contributed by atoms with E-state index < -0.39 is 22.0 Å². The standard InChI is InChI=1S/C22H25N3O3S/c1-15-10-12-20(13-11-15)29(27,28)24-21(19-8-6-5-7-9-19)18(4)22(26)25-17(3)14-16(2)23-25/h5-14,18,21,24H,1-4H3/t18-,21-/m1/s1. The Hall–Kier alpha value is -2.77. The molecule has 3 aromatic rings. The summed E-state index contributed by atoms with van der Waals surface area (Å²) >= 11 is 0. The van der Waals surface area contributed by atoms with Crippen molar-refractivity contribution in [3.8, 4) is 0 Å². The van der Waals surface area contributed by atoms with Crippen molar-refractivity contribution in [3.63, 3.8) is 0 Å². The minimum Gasteiger partial charge on any atom is -0.272 e. The van der Waals surface area contributed by atoms with E-state index in [1.54, 1.807) is 38.1 Å². The number of sulfonamides is 1. The highest BCUT2D eigenvalue weighted by atomic mass is 32.2. The molecule has 1 heterocycles. The molecule has 2 aromatic carbocycles. The molecule has 2 atom stereocenters. The molecule has 0 saturated heterocycles. The maximum atomic E-state index is 13.1. The molecule has 0 aliphatic carbocycles. The number of rotatable bonds is 6. The second-order valence-electron chi connectivity index (χ2n) is 7.29. The molecule has 0 fully saturated rings. The highest BCUT2D eigenvalue weighted by molar-refractivity contribution is 7.89. The van der Waals surface area contributed by atoms with Gasteiger partial charge in [0.1, 0.15) is 0 Å². The predicted octanol–water partition coefficient (Wildman–Crippen LogP) is 3.80. The molecule has 0 aliphatic rings. The summed E-state index contributed by atoms with van der Waals surface area (Å²) in [5, 5.41) is 4.26. The SMILES string of the molecule is Cc1ccc(S(=O)(=O)N[C@@H](c2ccccc2)[C@@H](C)C(=O)n2nc(C)cc2C)cc1. The molecule has 0 radical (unpaired) electrons. The van der Waals surface area contributed by atoms with E-state index in [-0.39, 0.29) is 10.8 Å². The molecule has 0 unspecified atom stereocenters. The summed E-state index contributed by atoms with van der Waals surface area (Å²) in [6.45, 7) is 7.23. The van der Waals surface area contributed by atoms with Gasteiger partial charge in [0.25, 0.3) is 5.91 Å².